The largest absolute Gasteiger partial charge is 0.497 e. The van der Waals surface area contributed by atoms with E-state index >= 15 is 0 Å². The topological polar surface area (TPSA) is 96.0 Å². The van der Waals surface area contributed by atoms with Crippen molar-refractivity contribution in [3.05, 3.63) is 90.5 Å². The number of carbonyl (C=O) groups excluding carboxylic acids is 2. The molecule has 0 bridgehead atoms. The number of anilines is 1. The third-order valence-electron chi connectivity index (χ3n) is 5.88. The van der Waals surface area contributed by atoms with Crippen LogP contribution in [0.3, 0.4) is 0 Å². The minimum absolute atomic E-state index is 0.0711. The Bertz CT molecular complexity index is 1280. The molecular weight excluding hydrogens is 490 g/mol. The molecule has 1 N–H and O–H groups in total. The van der Waals surface area contributed by atoms with Crippen molar-refractivity contribution in [1.82, 2.24) is 10.2 Å². The van der Waals surface area contributed by atoms with Crippen molar-refractivity contribution >= 4 is 27.5 Å². The van der Waals surface area contributed by atoms with Gasteiger partial charge in [-0.1, -0.05) is 55.5 Å². The number of methoxy groups -OCH3 is 1. The molecule has 0 saturated heterocycles. The number of nitrogens with one attached hydrogen (secondary N) is 1. The number of rotatable bonds is 12. The van der Waals surface area contributed by atoms with Crippen molar-refractivity contribution < 1.29 is 22.7 Å². The second kappa shape index (κ2) is 12.9. The Kier molecular flexibility index (Phi) is 9.68. The van der Waals surface area contributed by atoms with Crippen LogP contribution in [-0.2, 0) is 26.2 Å². The first-order valence-electron chi connectivity index (χ1n) is 12.1. The van der Waals surface area contributed by atoms with Crippen LogP contribution >= 0.6 is 0 Å². The van der Waals surface area contributed by atoms with E-state index in [1.54, 1.807) is 73.8 Å². The molecule has 0 aliphatic heterocycles. The number of sulfonamides is 1. The van der Waals surface area contributed by atoms with Gasteiger partial charge in [0.2, 0.25) is 11.8 Å². The zero-order chi connectivity index (χ0) is 26.8. The molecule has 3 aromatic carbocycles. The van der Waals surface area contributed by atoms with Gasteiger partial charge in [-0.05, 0) is 55.3 Å². The van der Waals surface area contributed by atoms with Gasteiger partial charge >= 0.3 is 0 Å². The predicted molar refractivity (Wildman–Crippen MR) is 144 cm³/mol. The molecule has 0 saturated carbocycles. The maximum Gasteiger partial charge on any atom is 0.264 e. The molecule has 3 aromatic rings. The number of hydrogen-bond donors (Lipinski definition) is 1. The van der Waals surface area contributed by atoms with Crippen LogP contribution in [0.25, 0.3) is 0 Å². The molecule has 0 aliphatic rings. The summed E-state index contributed by atoms with van der Waals surface area (Å²) < 4.78 is 33.7. The normalized spacial score (nSPS) is 11.9. The van der Waals surface area contributed by atoms with E-state index in [2.05, 4.69) is 5.32 Å². The smallest absolute Gasteiger partial charge is 0.264 e. The highest BCUT2D eigenvalue weighted by molar-refractivity contribution is 7.92. The zero-order valence-electron chi connectivity index (χ0n) is 21.3. The number of para-hydroxylation sites is 1. The van der Waals surface area contributed by atoms with Crippen LogP contribution < -0.4 is 14.4 Å². The van der Waals surface area contributed by atoms with Crippen LogP contribution in [0.15, 0.2) is 89.8 Å². The predicted octanol–water partition coefficient (Wildman–Crippen LogP) is 3.83. The first-order valence-corrected chi connectivity index (χ1v) is 13.6. The Morgan fingerprint density at radius 1 is 0.919 bits per heavy atom. The Labute approximate surface area is 218 Å². The Morgan fingerprint density at radius 2 is 1.57 bits per heavy atom. The molecule has 0 aliphatic carbocycles. The van der Waals surface area contributed by atoms with Crippen molar-refractivity contribution in [3.63, 3.8) is 0 Å². The van der Waals surface area contributed by atoms with Crippen LogP contribution in [0.1, 0.15) is 25.8 Å². The van der Waals surface area contributed by atoms with Gasteiger partial charge in [0, 0.05) is 13.1 Å². The summed E-state index contributed by atoms with van der Waals surface area (Å²) in [6, 6.07) is 22.9. The number of hydrogen-bond acceptors (Lipinski definition) is 5. The standard InChI is InChI=1S/C28H33N3O5S/c1-4-26(28(33)29-5-2)30(20-22-13-12-16-24(19-22)36-3)27(32)21-31(23-14-8-6-9-15-23)37(34,35)25-17-10-7-11-18-25/h6-19,26H,4-5,20-21H2,1-3H3,(H,29,33)/t26-/m0/s1. The molecular formula is C28H33N3O5S. The second-order valence-electron chi connectivity index (χ2n) is 8.35. The Hall–Kier alpha value is -3.85. The van der Waals surface area contributed by atoms with Gasteiger partial charge in [-0.15, -0.1) is 0 Å². The number of likely N-dealkylation sites (N-methyl/N-ethyl adjacent to an activating group) is 1. The van der Waals surface area contributed by atoms with Crippen molar-refractivity contribution in [2.75, 3.05) is 24.5 Å². The third kappa shape index (κ3) is 6.89. The van der Waals surface area contributed by atoms with Gasteiger partial charge in [0.25, 0.3) is 10.0 Å². The fourth-order valence-electron chi connectivity index (χ4n) is 4.02. The molecule has 37 heavy (non-hydrogen) atoms. The van der Waals surface area contributed by atoms with Gasteiger partial charge in [-0.3, -0.25) is 13.9 Å². The lowest BCUT2D eigenvalue weighted by molar-refractivity contribution is -0.140. The molecule has 3 rings (SSSR count). The molecule has 196 valence electrons. The highest BCUT2D eigenvalue weighted by Gasteiger charge is 2.33. The van der Waals surface area contributed by atoms with Crippen LogP contribution in [0.5, 0.6) is 5.75 Å². The highest BCUT2D eigenvalue weighted by Crippen LogP contribution is 2.25. The van der Waals surface area contributed by atoms with Gasteiger partial charge in [0.1, 0.15) is 18.3 Å². The number of nitrogens with zero attached hydrogens (tertiary/aromatic N) is 2. The lowest BCUT2D eigenvalue weighted by Gasteiger charge is -2.33. The summed E-state index contributed by atoms with van der Waals surface area (Å²) in [6.45, 7) is 3.68. The molecule has 0 radical (unpaired) electrons. The van der Waals surface area contributed by atoms with Gasteiger partial charge in [0.15, 0.2) is 0 Å². The van der Waals surface area contributed by atoms with Crippen molar-refractivity contribution in [3.8, 4) is 5.75 Å². The fourth-order valence-corrected chi connectivity index (χ4v) is 5.46. The van der Waals surface area contributed by atoms with E-state index in [1.807, 2.05) is 19.9 Å². The van der Waals surface area contributed by atoms with E-state index in [-0.39, 0.29) is 17.3 Å². The summed E-state index contributed by atoms with van der Waals surface area (Å²) in [5, 5.41) is 2.79. The van der Waals surface area contributed by atoms with Crippen LogP contribution in [0.4, 0.5) is 5.69 Å². The third-order valence-corrected chi connectivity index (χ3v) is 7.67. The zero-order valence-corrected chi connectivity index (χ0v) is 22.1. The maximum atomic E-state index is 13.9. The molecule has 0 unspecified atom stereocenters. The van der Waals surface area contributed by atoms with Crippen molar-refractivity contribution in [2.45, 2.75) is 37.8 Å². The minimum Gasteiger partial charge on any atom is -0.497 e. The van der Waals surface area contributed by atoms with E-state index in [1.165, 1.54) is 17.0 Å². The molecule has 1 atom stereocenters. The van der Waals surface area contributed by atoms with Crippen molar-refractivity contribution in [1.29, 1.82) is 0 Å². The van der Waals surface area contributed by atoms with E-state index in [0.29, 0.717) is 24.4 Å². The number of benzene rings is 3. The van der Waals surface area contributed by atoms with Crippen molar-refractivity contribution in [2.24, 2.45) is 0 Å². The van der Waals surface area contributed by atoms with Crippen LogP contribution in [0.2, 0.25) is 0 Å². The summed E-state index contributed by atoms with van der Waals surface area (Å²) in [5.74, 6) is -0.170. The van der Waals surface area contributed by atoms with E-state index in [9.17, 15) is 18.0 Å². The highest BCUT2D eigenvalue weighted by atomic mass is 32.2. The Morgan fingerprint density at radius 3 is 2.16 bits per heavy atom. The summed E-state index contributed by atoms with van der Waals surface area (Å²) in [5.41, 5.74) is 1.11. The fraction of sp³-hybridized carbons (Fsp3) is 0.286. The molecule has 0 fully saturated rings. The lowest BCUT2D eigenvalue weighted by atomic mass is 10.1. The summed E-state index contributed by atoms with van der Waals surface area (Å²) in [6.07, 6.45) is 0.359. The van der Waals surface area contributed by atoms with Crippen LogP contribution in [0, 0.1) is 0 Å². The van der Waals surface area contributed by atoms with E-state index in [0.717, 1.165) is 9.87 Å². The average molecular weight is 524 g/mol. The summed E-state index contributed by atoms with van der Waals surface area (Å²) >= 11 is 0. The lowest BCUT2D eigenvalue weighted by Crippen LogP contribution is -2.52. The SMILES string of the molecule is CCNC(=O)[C@H](CC)N(Cc1cccc(OC)c1)C(=O)CN(c1ccccc1)S(=O)(=O)c1ccccc1. The quantitative estimate of drug-likeness (QED) is 0.389. The molecule has 2 amide bonds. The molecule has 8 nitrogen and oxygen atoms in total. The first-order chi connectivity index (χ1) is 17.8. The molecule has 0 aromatic heterocycles. The molecule has 9 heteroatoms. The number of ether oxygens (including phenoxy) is 1. The summed E-state index contributed by atoms with van der Waals surface area (Å²) in [4.78, 5) is 28.3. The monoisotopic (exact) mass is 523 g/mol. The first kappa shape index (κ1) is 27.7. The molecule has 0 spiro atoms. The van der Waals surface area contributed by atoms with Gasteiger partial charge < -0.3 is 15.0 Å². The number of carbonyl (C=O) groups is 2. The van der Waals surface area contributed by atoms with Gasteiger partial charge in [-0.2, -0.15) is 0 Å². The number of amides is 2. The maximum absolute atomic E-state index is 13.9. The van der Waals surface area contributed by atoms with Gasteiger partial charge in [0.05, 0.1) is 17.7 Å². The second-order valence-corrected chi connectivity index (χ2v) is 10.2. The van der Waals surface area contributed by atoms with Crippen LogP contribution in [-0.4, -0.2) is 51.4 Å². The Balaban J connectivity index is 2.03. The van der Waals surface area contributed by atoms with Gasteiger partial charge in [-0.25, -0.2) is 8.42 Å². The average Bonchev–Trinajstić information content (AvgIpc) is 2.92. The van der Waals surface area contributed by atoms with E-state index in [4.69, 9.17) is 4.74 Å². The molecule has 0 heterocycles. The van der Waals surface area contributed by atoms with E-state index < -0.39 is 28.5 Å². The minimum atomic E-state index is -4.06. The summed E-state index contributed by atoms with van der Waals surface area (Å²) in [7, 11) is -2.51.